The first kappa shape index (κ1) is 10.3. The molecule has 5 aliphatic carbocycles. The van der Waals surface area contributed by atoms with Gasteiger partial charge >= 0.3 is 0 Å². The van der Waals surface area contributed by atoms with Crippen LogP contribution in [0.5, 0.6) is 0 Å². The molecule has 2 aromatic rings. The highest BCUT2D eigenvalue weighted by atomic mass is 16.3. The molecule has 7 rings (SSSR count). The number of hydrogen-bond donors (Lipinski definition) is 2. The molecular formula is C16H15NO. The van der Waals surface area contributed by atoms with Gasteiger partial charge in [0.05, 0.1) is 6.10 Å². The average molecular weight is 237 g/mol. The molecule has 3 N–H and O–H groups in total. The van der Waals surface area contributed by atoms with E-state index in [9.17, 15) is 5.11 Å². The molecule has 18 heavy (non-hydrogen) atoms. The van der Waals surface area contributed by atoms with E-state index in [1.165, 1.54) is 16.7 Å². The van der Waals surface area contributed by atoms with Gasteiger partial charge in [-0.3, -0.25) is 0 Å². The van der Waals surface area contributed by atoms with Crippen LogP contribution in [-0.4, -0.2) is 17.3 Å². The van der Waals surface area contributed by atoms with Crippen LogP contribution in [0.2, 0.25) is 0 Å². The van der Waals surface area contributed by atoms with Crippen molar-refractivity contribution >= 4 is 0 Å². The third kappa shape index (κ3) is 1.14. The molecule has 2 nitrogen and oxygen atoms in total. The summed E-state index contributed by atoms with van der Waals surface area (Å²) in [6.07, 6.45) is -0.496. The van der Waals surface area contributed by atoms with E-state index in [4.69, 9.17) is 5.73 Å². The van der Waals surface area contributed by atoms with Crippen molar-refractivity contribution in [2.45, 2.75) is 24.0 Å². The largest absolute Gasteiger partial charge is 0.390 e. The maximum Gasteiger partial charge on any atom is 0.0809 e. The molecule has 2 heteroatoms. The summed E-state index contributed by atoms with van der Waals surface area (Å²) in [5.41, 5.74) is 11.2. The molecule has 0 amide bonds. The van der Waals surface area contributed by atoms with Crippen molar-refractivity contribution in [3.05, 3.63) is 70.8 Å². The van der Waals surface area contributed by atoms with E-state index in [0.29, 0.717) is 0 Å². The third-order valence-corrected chi connectivity index (χ3v) is 4.44. The van der Waals surface area contributed by atoms with E-state index < -0.39 is 6.10 Å². The molecule has 4 atom stereocenters. The Hall–Kier alpha value is -1.64. The maximum absolute atomic E-state index is 10.5. The SMILES string of the molecule is N[C@@H]1[C@@H]2c3ccc(cc3)[C@@H](c3ccccc32)[C@@H]1O. The van der Waals surface area contributed by atoms with Crippen molar-refractivity contribution in [3.8, 4) is 0 Å². The van der Waals surface area contributed by atoms with Gasteiger partial charge in [0.2, 0.25) is 0 Å². The fraction of sp³-hybridized carbons (Fsp3) is 0.250. The van der Waals surface area contributed by atoms with Crippen molar-refractivity contribution < 1.29 is 5.11 Å². The van der Waals surface area contributed by atoms with Gasteiger partial charge in [-0.15, -0.1) is 0 Å². The predicted molar refractivity (Wildman–Crippen MR) is 70.6 cm³/mol. The highest BCUT2D eigenvalue weighted by Crippen LogP contribution is 2.46. The molecular weight excluding hydrogens is 222 g/mol. The van der Waals surface area contributed by atoms with Crippen molar-refractivity contribution in [3.63, 3.8) is 0 Å². The third-order valence-electron chi connectivity index (χ3n) is 4.44. The standard InChI is InChI=1S/C16H15NO/c17-15-13-9-5-7-10(8-6-9)14(16(15)18)12-4-2-1-3-11(12)13/h1-8,13-16,18H,17H2/t13-,14+,15-,16+/m1/s1. The zero-order valence-corrected chi connectivity index (χ0v) is 9.95. The van der Waals surface area contributed by atoms with Crippen LogP contribution < -0.4 is 5.73 Å². The molecule has 0 unspecified atom stereocenters. The Morgan fingerprint density at radius 1 is 0.778 bits per heavy atom. The van der Waals surface area contributed by atoms with Crippen LogP contribution in [0.1, 0.15) is 34.1 Å². The van der Waals surface area contributed by atoms with Crippen LogP contribution in [0.15, 0.2) is 48.5 Å². The molecule has 5 aliphatic rings. The Labute approximate surface area is 106 Å². The average Bonchev–Trinajstić information content (AvgIpc) is 2.38. The monoisotopic (exact) mass is 237 g/mol. The van der Waals surface area contributed by atoms with Gasteiger partial charge in [0.1, 0.15) is 0 Å². The lowest BCUT2D eigenvalue weighted by molar-refractivity contribution is 0.110. The van der Waals surface area contributed by atoms with Gasteiger partial charge in [-0.2, -0.15) is 0 Å². The van der Waals surface area contributed by atoms with Gasteiger partial charge in [0.25, 0.3) is 0 Å². The summed E-state index contributed by atoms with van der Waals surface area (Å²) in [7, 11) is 0. The molecule has 0 radical (unpaired) electrons. The van der Waals surface area contributed by atoms with Crippen molar-refractivity contribution in [1.82, 2.24) is 0 Å². The summed E-state index contributed by atoms with van der Waals surface area (Å²) in [6.45, 7) is 0. The minimum atomic E-state index is -0.496. The first-order chi connectivity index (χ1) is 8.77. The maximum atomic E-state index is 10.5. The molecule has 0 heterocycles. The number of benzene rings is 2. The fourth-order valence-corrected chi connectivity index (χ4v) is 3.58. The van der Waals surface area contributed by atoms with E-state index in [0.717, 1.165) is 5.56 Å². The number of hydrogen-bond acceptors (Lipinski definition) is 2. The molecule has 0 saturated heterocycles. The minimum absolute atomic E-state index is 0.0156. The summed E-state index contributed by atoms with van der Waals surface area (Å²) in [4.78, 5) is 0. The normalized spacial score (nSPS) is 31.9. The highest BCUT2D eigenvalue weighted by Gasteiger charge is 2.42. The van der Waals surface area contributed by atoms with Gasteiger partial charge in [0, 0.05) is 17.9 Å². The fourth-order valence-electron chi connectivity index (χ4n) is 3.58. The van der Waals surface area contributed by atoms with Crippen LogP contribution in [0.3, 0.4) is 0 Å². The summed E-state index contributed by atoms with van der Waals surface area (Å²) >= 11 is 0. The lowest BCUT2D eigenvalue weighted by atomic mass is 9.65. The predicted octanol–water partition coefficient (Wildman–Crippen LogP) is 1.97. The first-order valence-corrected chi connectivity index (χ1v) is 6.39. The summed E-state index contributed by atoms with van der Waals surface area (Å²) in [5, 5.41) is 10.5. The molecule has 0 aromatic heterocycles. The lowest BCUT2D eigenvalue weighted by Crippen LogP contribution is -2.48. The highest BCUT2D eigenvalue weighted by molar-refractivity contribution is 5.52. The van der Waals surface area contributed by atoms with E-state index >= 15 is 0 Å². The molecule has 4 bridgehead atoms. The summed E-state index contributed by atoms with van der Waals surface area (Å²) in [5.74, 6) is 0.128. The molecule has 0 fully saturated rings. The number of aliphatic hydroxyl groups is 1. The van der Waals surface area contributed by atoms with E-state index in [1.54, 1.807) is 0 Å². The Morgan fingerprint density at radius 2 is 1.28 bits per heavy atom. The molecule has 0 saturated carbocycles. The van der Waals surface area contributed by atoms with Crippen LogP contribution in [0.4, 0.5) is 0 Å². The molecule has 90 valence electrons. The van der Waals surface area contributed by atoms with Gasteiger partial charge in [0.15, 0.2) is 0 Å². The Morgan fingerprint density at radius 3 is 1.89 bits per heavy atom. The minimum Gasteiger partial charge on any atom is -0.390 e. The Balaban J connectivity index is 2.10. The van der Waals surface area contributed by atoms with Gasteiger partial charge in [-0.1, -0.05) is 48.5 Å². The number of nitrogens with two attached hydrogens (primary N) is 1. The van der Waals surface area contributed by atoms with Crippen molar-refractivity contribution in [2.24, 2.45) is 5.73 Å². The van der Waals surface area contributed by atoms with E-state index in [2.05, 4.69) is 42.5 Å². The zero-order valence-electron chi connectivity index (χ0n) is 9.95. The zero-order chi connectivity index (χ0) is 12.3. The van der Waals surface area contributed by atoms with Crippen LogP contribution in [-0.2, 0) is 0 Å². The smallest absolute Gasteiger partial charge is 0.0809 e. The molecule has 0 spiro atoms. The van der Waals surface area contributed by atoms with Gasteiger partial charge in [-0.25, -0.2) is 0 Å². The second-order valence-corrected chi connectivity index (χ2v) is 5.32. The van der Waals surface area contributed by atoms with Gasteiger partial charge < -0.3 is 10.8 Å². The first-order valence-electron chi connectivity index (χ1n) is 6.39. The van der Waals surface area contributed by atoms with Crippen LogP contribution in [0.25, 0.3) is 0 Å². The van der Waals surface area contributed by atoms with Crippen LogP contribution >= 0.6 is 0 Å². The number of rotatable bonds is 0. The van der Waals surface area contributed by atoms with E-state index in [1.807, 2.05) is 6.07 Å². The van der Waals surface area contributed by atoms with E-state index in [-0.39, 0.29) is 17.9 Å². The Bertz CT molecular complexity index is 551. The summed E-state index contributed by atoms with van der Waals surface area (Å²) < 4.78 is 0. The van der Waals surface area contributed by atoms with Crippen molar-refractivity contribution in [1.29, 1.82) is 0 Å². The second-order valence-electron chi connectivity index (χ2n) is 5.32. The topological polar surface area (TPSA) is 46.2 Å². The number of aliphatic hydroxyl groups excluding tert-OH is 1. The van der Waals surface area contributed by atoms with Crippen LogP contribution in [0, 0.1) is 0 Å². The summed E-state index contributed by atoms with van der Waals surface area (Å²) in [6, 6.07) is 16.7. The molecule has 0 aliphatic heterocycles. The molecule has 2 aromatic carbocycles. The van der Waals surface area contributed by atoms with Gasteiger partial charge in [-0.05, 0) is 22.3 Å². The lowest BCUT2D eigenvalue weighted by Gasteiger charge is -2.43. The van der Waals surface area contributed by atoms with Crippen molar-refractivity contribution in [2.75, 3.05) is 0 Å². The second kappa shape index (κ2) is 3.44. The Kier molecular flexibility index (Phi) is 1.97. The quantitative estimate of drug-likeness (QED) is 0.736.